The largest absolute Gasteiger partial charge is 0.508 e. The summed E-state index contributed by atoms with van der Waals surface area (Å²) >= 11 is 0. The van der Waals surface area contributed by atoms with Crippen LogP contribution in [0.1, 0.15) is 35.2 Å². The van der Waals surface area contributed by atoms with Crippen LogP contribution in [0.15, 0.2) is 48.5 Å². The molecule has 1 saturated heterocycles. The van der Waals surface area contributed by atoms with Crippen LogP contribution in [0, 0.1) is 5.92 Å². The summed E-state index contributed by atoms with van der Waals surface area (Å²) in [5.41, 5.74) is 1.33. The van der Waals surface area contributed by atoms with E-state index in [1.54, 1.807) is 24.3 Å². The monoisotopic (exact) mass is 466 g/mol. The fourth-order valence-corrected chi connectivity index (χ4v) is 4.18. The fourth-order valence-electron chi connectivity index (χ4n) is 4.18. The van der Waals surface area contributed by atoms with Gasteiger partial charge < -0.3 is 31.1 Å². The van der Waals surface area contributed by atoms with E-state index in [2.05, 4.69) is 20.9 Å². The van der Waals surface area contributed by atoms with Crippen molar-refractivity contribution < 1.29 is 24.6 Å². The highest BCUT2D eigenvalue weighted by Crippen LogP contribution is 2.30. The normalized spacial score (nSPS) is 18.8. The lowest BCUT2D eigenvalue weighted by Gasteiger charge is -2.22. The van der Waals surface area contributed by atoms with Crippen LogP contribution in [0.2, 0.25) is 0 Å². The van der Waals surface area contributed by atoms with Crippen molar-refractivity contribution >= 4 is 23.6 Å². The molecule has 5 N–H and O–H groups in total. The zero-order valence-corrected chi connectivity index (χ0v) is 18.9. The van der Waals surface area contributed by atoms with Gasteiger partial charge in [-0.3, -0.25) is 4.79 Å². The molecule has 3 amide bonds. The number of phenolic OH excluding ortho intramolecular Hbond substituents is 1. The molecule has 4 rings (SSSR count). The number of carbonyl (C=O) groups is 3. The van der Waals surface area contributed by atoms with E-state index < -0.39 is 18.0 Å². The number of amides is 3. The first-order valence-electron chi connectivity index (χ1n) is 11.6. The van der Waals surface area contributed by atoms with Gasteiger partial charge in [-0.15, -0.1) is 0 Å². The van der Waals surface area contributed by atoms with E-state index in [4.69, 9.17) is 5.11 Å². The summed E-state index contributed by atoms with van der Waals surface area (Å²) in [5, 5.41) is 27.0. The van der Waals surface area contributed by atoms with Crippen molar-refractivity contribution in [2.45, 2.75) is 37.8 Å². The lowest BCUT2D eigenvalue weighted by atomic mass is 10.0. The number of anilines is 1. The Labute approximate surface area is 198 Å². The van der Waals surface area contributed by atoms with E-state index in [9.17, 15) is 19.5 Å². The molecule has 0 spiro atoms. The molecule has 9 heteroatoms. The molecule has 0 unspecified atom stereocenters. The first kappa shape index (κ1) is 23.6. The molecule has 0 bridgehead atoms. The number of aromatic hydroxyl groups is 1. The molecular formula is C25H30N4O5. The average Bonchev–Trinajstić information content (AvgIpc) is 3.52. The smallest absolute Gasteiger partial charge is 0.335 e. The van der Waals surface area contributed by atoms with Gasteiger partial charge in [-0.25, -0.2) is 9.59 Å². The number of rotatable bonds is 9. The second-order valence-electron chi connectivity index (χ2n) is 9.10. The van der Waals surface area contributed by atoms with Crippen molar-refractivity contribution in [3.63, 3.8) is 0 Å². The van der Waals surface area contributed by atoms with Gasteiger partial charge in [0.2, 0.25) is 5.91 Å². The highest BCUT2D eigenvalue weighted by molar-refractivity contribution is 5.94. The van der Waals surface area contributed by atoms with Crippen molar-refractivity contribution in [2.24, 2.45) is 5.92 Å². The minimum absolute atomic E-state index is 0.0435. The SMILES string of the molecule is O=C(Nc1ccc(C(=O)O)cc1)N[C@@H](Cc1ccc(O)cc1)C(=O)N[C@H]1CCN(CC2CC2)C1. The highest BCUT2D eigenvalue weighted by atomic mass is 16.4. The van der Waals surface area contributed by atoms with Crippen LogP contribution in [0.25, 0.3) is 0 Å². The van der Waals surface area contributed by atoms with E-state index in [0.29, 0.717) is 5.69 Å². The first-order chi connectivity index (χ1) is 16.4. The summed E-state index contributed by atoms with van der Waals surface area (Å²) in [7, 11) is 0. The van der Waals surface area contributed by atoms with Crippen LogP contribution >= 0.6 is 0 Å². The molecule has 0 radical (unpaired) electrons. The minimum atomic E-state index is -1.05. The first-order valence-corrected chi connectivity index (χ1v) is 11.6. The standard InChI is InChI=1S/C25H30N4O5/c30-21-9-3-16(4-10-21)13-22(23(31)26-20-11-12-29(15-20)14-17-1-2-17)28-25(34)27-19-7-5-18(6-8-19)24(32)33/h3-10,17,20,22,30H,1-2,11-15H2,(H,26,31)(H,32,33)(H2,27,28,34)/t20-,22-/m0/s1. The number of likely N-dealkylation sites (tertiary alicyclic amines) is 1. The third-order valence-electron chi connectivity index (χ3n) is 6.22. The molecule has 34 heavy (non-hydrogen) atoms. The lowest BCUT2D eigenvalue weighted by molar-refractivity contribution is -0.123. The maximum absolute atomic E-state index is 13.1. The summed E-state index contributed by atoms with van der Waals surface area (Å²) in [6, 6.07) is 10.9. The summed E-state index contributed by atoms with van der Waals surface area (Å²) in [4.78, 5) is 39.2. The number of urea groups is 1. The van der Waals surface area contributed by atoms with E-state index >= 15 is 0 Å². The number of carboxylic acids is 1. The number of hydrogen-bond acceptors (Lipinski definition) is 5. The molecule has 2 atom stereocenters. The third-order valence-corrected chi connectivity index (χ3v) is 6.22. The molecule has 2 aromatic rings. The third kappa shape index (κ3) is 6.71. The Morgan fingerprint density at radius 3 is 2.35 bits per heavy atom. The Morgan fingerprint density at radius 1 is 1.00 bits per heavy atom. The molecule has 2 aliphatic rings. The molecule has 0 aromatic heterocycles. The Hall–Kier alpha value is -3.59. The van der Waals surface area contributed by atoms with Gasteiger partial charge in [-0.05, 0) is 67.1 Å². The Bertz CT molecular complexity index is 1020. The molecule has 2 aromatic carbocycles. The molecule has 1 aliphatic heterocycles. The summed E-state index contributed by atoms with van der Waals surface area (Å²) < 4.78 is 0. The number of nitrogens with one attached hydrogen (secondary N) is 3. The number of carbonyl (C=O) groups excluding carboxylic acids is 2. The van der Waals surface area contributed by atoms with E-state index in [1.807, 2.05) is 0 Å². The van der Waals surface area contributed by atoms with Gasteiger partial charge >= 0.3 is 12.0 Å². The molecule has 9 nitrogen and oxygen atoms in total. The van der Waals surface area contributed by atoms with Crippen molar-refractivity contribution in [1.82, 2.24) is 15.5 Å². The van der Waals surface area contributed by atoms with Gasteiger partial charge in [0.05, 0.1) is 5.56 Å². The number of carboxylic acid groups (broad SMARTS) is 1. The van der Waals surface area contributed by atoms with Crippen molar-refractivity contribution in [3.8, 4) is 5.75 Å². The van der Waals surface area contributed by atoms with Crippen molar-refractivity contribution in [2.75, 3.05) is 25.0 Å². The van der Waals surface area contributed by atoms with Crippen LogP contribution in [0.3, 0.4) is 0 Å². The number of nitrogens with zero attached hydrogens (tertiary/aromatic N) is 1. The predicted molar refractivity (Wildman–Crippen MR) is 127 cm³/mol. The second-order valence-corrected chi connectivity index (χ2v) is 9.10. The van der Waals surface area contributed by atoms with Crippen LogP contribution in [0.4, 0.5) is 10.5 Å². The van der Waals surface area contributed by atoms with Crippen LogP contribution in [0.5, 0.6) is 5.75 Å². The Kier molecular flexibility index (Phi) is 7.32. The van der Waals surface area contributed by atoms with Gasteiger partial charge in [0.25, 0.3) is 0 Å². The van der Waals surface area contributed by atoms with E-state index in [1.165, 1.54) is 37.1 Å². The summed E-state index contributed by atoms with van der Waals surface area (Å²) in [6.07, 6.45) is 3.73. The van der Waals surface area contributed by atoms with Gasteiger partial charge in [-0.2, -0.15) is 0 Å². The van der Waals surface area contributed by atoms with Crippen molar-refractivity contribution in [1.29, 1.82) is 0 Å². The molecule has 1 saturated carbocycles. The van der Waals surface area contributed by atoms with Crippen molar-refractivity contribution in [3.05, 3.63) is 59.7 Å². The average molecular weight is 467 g/mol. The Morgan fingerprint density at radius 2 is 1.71 bits per heavy atom. The molecule has 1 heterocycles. The predicted octanol–water partition coefficient (Wildman–Crippen LogP) is 2.42. The number of hydrogen-bond donors (Lipinski definition) is 5. The highest BCUT2D eigenvalue weighted by Gasteiger charge is 2.31. The lowest BCUT2D eigenvalue weighted by Crippen LogP contribution is -2.52. The van der Waals surface area contributed by atoms with Crippen LogP contribution in [-0.2, 0) is 11.2 Å². The minimum Gasteiger partial charge on any atom is -0.508 e. The van der Waals surface area contributed by atoms with Gasteiger partial charge in [0.15, 0.2) is 0 Å². The van der Waals surface area contributed by atoms with Crippen LogP contribution < -0.4 is 16.0 Å². The molecular weight excluding hydrogens is 436 g/mol. The number of benzene rings is 2. The molecule has 180 valence electrons. The molecule has 1 aliphatic carbocycles. The van der Waals surface area contributed by atoms with Gasteiger partial charge in [-0.1, -0.05) is 12.1 Å². The summed E-state index contributed by atoms with van der Waals surface area (Å²) in [6.45, 7) is 2.87. The zero-order valence-electron chi connectivity index (χ0n) is 18.9. The molecule has 2 fully saturated rings. The topological polar surface area (TPSA) is 131 Å². The number of phenols is 1. The Balaban J connectivity index is 1.38. The van der Waals surface area contributed by atoms with Gasteiger partial charge in [0, 0.05) is 37.8 Å². The quantitative estimate of drug-likeness (QED) is 0.386. The summed E-state index contributed by atoms with van der Waals surface area (Å²) in [5.74, 6) is -0.388. The zero-order chi connectivity index (χ0) is 24.1. The fraction of sp³-hybridized carbons (Fsp3) is 0.400. The van der Waals surface area contributed by atoms with E-state index in [-0.39, 0.29) is 29.7 Å². The maximum atomic E-state index is 13.1. The second kappa shape index (κ2) is 10.6. The number of aromatic carboxylic acids is 1. The van der Waals surface area contributed by atoms with Gasteiger partial charge in [0.1, 0.15) is 11.8 Å². The maximum Gasteiger partial charge on any atom is 0.335 e. The van der Waals surface area contributed by atoms with E-state index in [0.717, 1.165) is 37.5 Å². The van der Waals surface area contributed by atoms with Crippen LogP contribution in [-0.4, -0.2) is 64.7 Å².